The first kappa shape index (κ1) is 22.0. The van der Waals surface area contributed by atoms with Crippen molar-refractivity contribution in [2.45, 2.75) is 45.2 Å². The second-order valence-electron chi connectivity index (χ2n) is 7.89. The molecule has 1 amide bonds. The minimum absolute atomic E-state index is 0.0743. The van der Waals surface area contributed by atoms with E-state index in [0.29, 0.717) is 31.1 Å². The van der Waals surface area contributed by atoms with Crippen LogP contribution in [0.25, 0.3) is 0 Å². The number of nitrogens with one attached hydrogen (secondary N) is 1. The number of hydrogen-bond donors (Lipinski definition) is 1. The highest BCUT2D eigenvalue weighted by molar-refractivity contribution is 5.97. The number of fused-ring (bicyclic) bond motifs is 1. The van der Waals surface area contributed by atoms with Gasteiger partial charge in [-0.05, 0) is 37.5 Å². The molecule has 1 unspecified atom stereocenters. The molecule has 1 N–H and O–H groups in total. The molecular weight excluding hydrogens is 404 g/mol. The predicted molar refractivity (Wildman–Crippen MR) is 122 cm³/mol. The molecule has 2 aromatic carbocycles. The molecule has 1 atom stereocenters. The lowest BCUT2D eigenvalue weighted by atomic mass is 10.1. The summed E-state index contributed by atoms with van der Waals surface area (Å²) in [7, 11) is 0. The highest BCUT2D eigenvalue weighted by Gasteiger charge is 2.23. The summed E-state index contributed by atoms with van der Waals surface area (Å²) >= 11 is 0. The first-order chi connectivity index (χ1) is 15.7. The molecular formula is C25H30N4O3. The SMILES string of the molecule is CCOCCOc1ccccc1C(=O)NC1CCc2nnc(Cc3ccccc3)n2CC1. The van der Waals surface area contributed by atoms with Crippen LogP contribution >= 0.6 is 0 Å². The lowest BCUT2D eigenvalue weighted by molar-refractivity contribution is 0.0917. The molecule has 0 bridgehead atoms. The number of rotatable bonds is 9. The molecule has 1 aliphatic heterocycles. The number of benzene rings is 2. The number of ether oxygens (including phenoxy) is 2. The number of aryl methyl sites for hydroxylation is 1. The van der Waals surface area contributed by atoms with E-state index in [-0.39, 0.29) is 11.9 Å². The third-order valence-electron chi connectivity index (χ3n) is 5.68. The lowest BCUT2D eigenvalue weighted by Gasteiger charge is -2.18. The second-order valence-corrected chi connectivity index (χ2v) is 7.89. The molecule has 0 saturated carbocycles. The van der Waals surface area contributed by atoms with E-state index in [1.54, 1.807) is 6.07 Å². The smallest absolute Gasteiger partial charge is 0.255 e. The third-order valence-corrected chi connectivity index (χ3v) is 5.68. The van der Waals surface area contributed by atoms with Crippen molar-refractivity contribution < 1.29 is 14.3 Å². The zero-order valence-electron chi connectivity index (χ0n) is 18.5. The zero-order valence-corrected chi connectivity index (χ0v) is 18.5. The van der Waals surface area contributed by atoms with E-state index in [1.807, 2.05) is 43.3 Å². The Balaban J connectivity index is 1.37. The van der Waals surface area contributed by atoms with Crippen LogP contribution in [-0.4, -0.2) is 46.5 Å². The molecule has 7 heteroatoms. The number of amides is 1. The maximum atomic E-state index is 13.0. The zero-order chi connectivity index (χ0) is 22.2. The van der Waals surface area contributed by atoms with Crippen molar-refractivity contribution in [3.8, 4) is 5.75 Å². The van der Waals surface area contributed by atoms with Gasteiger partial charge in [-0.25, -0.2) is 0 Å². The van der Waals surface area contributed by atoms with Crippen molar-refractivity contribution in [3.05, 3.63) is 77.4 Å². The largest absolute Gasteiger partial charge is 0.490 e. The van der Waals surface area contributed by atoms with Crippen LogP contribution in [0.2, 0.25) is 0 Å². The molecule has 7 nitrogen and oxygen atoms in total. The van der Waals surface area contributed by atoms with Crippen LogP contribution in [0.3, 0.4) is 0 Å². The molecule has 1 aromatic heterocycles. The van der Waals surface area contributed by atoms with Crippen LogP contribution in [0.15, 0.2) is 54.6 Å². The number of carbonyl (C=O) groups excluding carboxylic acids is 1. The van der Waals surface area contributed by atoms with Crippen LogP contribution < -0.4 is 10.1 Å². The third kappa shape index (κ3) is 5.53. The molecule has 3 aromatic rings. The van der Waals surface area contributed by atoms with Crippen molar-refractivity contribution in [3.63, 3.8) is 0 Å². The Labute approximate surface area is 188 Å². The Hall–Kier alpha value is -3.19. The average Bonchev–Trinajstić information content (AvgIpc) is 3.08. The Morgan fingerprint density at radius 1 is 1.06 bits per heavy atom. The van der Waals surface area contributed by atoms with Crippen molar-refractivity contribution in [2.75, 3.05) is 19.8 Å². The van der Waals surface area contributed by atoms with Crippen LogP contribution in [0.5, 0.6) is 5.75 Å². The number of hydrogen-bond acceptors (Lipinski definition) is 5. The summed E-state index contributed by atoms with van der Waals surface area (Å²) in [6, 6.07) is 17.7. The fraction of sp³-hybridized carbons (Fsp3) is 0.400. The van der Waals surface area contributed by atoms with Gasteiger partial charge in [0.25, 0.3) is 5.91 Å². The van der Waals surface area contributed by atoms with Gasteiger partial charge in [0, 0.05) is 32.0 Å². The van der Waals surface area contributed by atoms with Crippen LogP contribution in [0.1, 0.15) is 47.3 Å². The highest BCUT2D eigenvalue weighted by Crippen LogP contribution is 2.21. The Kier molecular flexibility index (Phi) is 7.51. The maximum absolute atomic E-state index is 13.0. The van der Waals surface area contributed by atoms with E-state index in [2.05, 4.69) is 32.2 Å². The standard InChI is InChI=1S/C25H30N4O3/c1-2-31-16-17-32-22-11-7-6-10-21(22)25(30)26-20-12-13-23-27-28-24(29(23)15-14-20)18-19-8-4-3-5-9-19/h3-11,20H,2,12-18H2,1H3,(H,26,30). The molecule has 2 heterocycles. The molecule has 1 aliphatic rings. The van der Waals surface area contributed by atoms with Gasteiger partial charge in [0.1, 0.15) is 24.0 Å². The van der Waals surface area contributed by atoms with Gasteiger partial charge in [-0.15, -0.1) is 10.2 Å². The lowest BCUT2D eigenvalue weighted by Crippen LogP contribution is -2.35. The Bertz CT molecular complexity index is 1020. The Morgan fingerprint density at radius 2 is 1.88 bits per heavy atom. The molecule has 0 fully saturated rings. The average molecular weight is 435 g/mol. The minimum atomic E-state index is -0.107. The van der Waals surface area contributed by atoms with Gasteiger partial charge in [-0.2, -0.15) is 0 Å². The molecule has 0 aliphatic carbocycles. The van der Waals surface area contributed by atoms with Gasteiger partial charge in [0.05, 0.1) is 12.2 Å². The summed E-state index contributed by atoms with van der Waals surface area (Å²) in [5, 5.41) is 12.0. The van der Waals surface area contributed by atoms with E-state index in [9.17, 15) is 4.79 Å². The number of carbonyl (C=O) groups is 1. The summed E-state index contributed by atoms with van der Waals surface area (Å²) in [6.45, 7) is 4.30. The van der Waals surface area contributed by atoms with Gasteiger partial charge in [-0.3, -0.25) is 4.79 Å². The topological polar surface area (TPSA) is 78.3 Å². The quantitative estimate of drug-likeness (QED) is 0.522. The molecule has 4 rings (SSSR count). The summed E-state index contributed by atoms with van der Waals surface area (Å²) < 4.78 is 13.3. The predicted octanol–water partition coefficient (Wildman–Crippen LogP) is 3.42. The first-order valence-corrected chi connectivity index (χ1v) is 11.3. The Morgan fingerprint density at radius 3 is 2.72 bits per heavy atom. The van der Waals surface area contributed by atoms with E-state index in [1.165, 1.54) is 5.56 Å². The molecule has 0 radical (unpaired) electrons. The molecule has 168 valence electrons. The second kappa shape index (κ2) is 10.9. The van der Waals surface area contributed by atoms with Gasteiger partial charge in [0.2, 0.25) is 0 Å². The first-order valence-electron chi connectivity index (χ1n) is 11.3. The monoisotopic (exact) mass is 434 g/mol. The summed E-state index contributed by atoms with van der Waals surface area (Å²) in [5.41, 5.74) is 1.77. The van der Waals surface area contributed by atoms with E-state index < -0.39 is 0 Å². The van der Waals surface area contributed by atoms with Gasteiger partial charge in [-0.1, -0.05) is 42.5 Å². The van der Waals surface area contributed by atoms with E-state index in [4.69, 9.17) is 9.47 Å². The van der Waals surface area contributed by atoms with Crippen molar-refractivity contribution in [2.24, 2.45) is 0 Å². The summed E-state index contributed by atoms with van der Waals surface area (Å²) in [5.74, 6) is 2.45. The molecule has 0 spiro atoms. The van der Waals surface area contributed by atoms with E-state index in [0.717, 1.165) is 43.9 Å². The fourth-order valence-electron chi connectivity index (χ4n) is 4.00. The summed E-state index contributed by atoms with van der Waals surface area (Å²) in [6.07, 6.45) is 3.23. The number of nitrogens with zero attached hydrogens (tertiary/aromatic N) is 3. The van der Waals surface area contributed by atoms with Gasteiger partial charge >= 0.3 is 0 Å². The van der Waals surface area contributed by atoms with Crippen LogP contribution in [-0.2, 0) is 24.1 Å². The van der Waals surface area contributed by atoms with Crippen molar-refractivity contribution in [1.29, 1.82) is 0 Å². The molecule has 0 saturated heterocycles. The highest BCUT2D eigenvalue weighted by atomic mass is 16.5. The maximum Gasteiger partial charge on any atom is 0.255 e. The minimum Gasteiger partial charge on any atom is -0.490 e. The van der Waals surface area contributed by atoms with Crippen LogP contribution in [0.4, 0.5) is 0 Å². The summed E-state index contributed by atoms with van der Waals surface area (Å²) in [4.78, 5) is 13.0. The number of aromatic nitrogens is 3. The number of para-hydroxylation sites is 1. The van der Waals surface area contributed by atoms with Crippen LogP contribution in [0, 0.1) is 0 Å². The van der Waals surface area contributed by atoms with Gasteiger partial charge in [0.15, 0.2) is 0 Å². The molecule has 32 heavy (non-hydrogen) atoms. The normalized spacial score (nSPS) is 15.6. The van der Waals surface area contributed by atoms with E-state index >= 15 is 0 Å². The van der Waals surface area contributed by atoms with Crippen molar-refractivity contribution >= 4 is 5.91 Å². The fourth-order valence-corrected chi connectivity index (χ4v) is 4.00. The van der Waals surface area contributed by atoms with Gasteiger partial charge < -0.3 is 19.4 Å². The van der Waals surface area contributed by atoms with Crippen molar-refractivity contribution in [1.82, 2.24) is 20.1 Å².